The van der Waals surface area contributed by atoms with Gasteiger partial charge in [-0.15, -0.1) is 16.8 Å². The molecule has 9 heteroatoms. The van der Waals surface area contributed by atoms with E-state index in [4.69, 9.17) is 4.42 Å². The number of urea groups is 1. The van der Waals surface area contributed by atoms with E-state index in [-0.39, 0.29) is 12.2 Å². The van der Waals surface area contributed by atoms with Crippen LogP contribution in [0.15, 0.2) is 46.8 Å². The van der Waals surface area contributed by atoms with Gasteiger partial charge in [0, 0.05) is 19.5 Å². The van der Waals surface area contributed by atoms with E-state index in [1.165, 1.54) is 0 Å². The molecule has 3 heterocycles. The SMILES string of the molecule is C=CCN(C(=O)NCC)C1Cc2nncn2C(NCc2ccco2)=N1. The summed E-state index contributed by atoms with van der Waals surface area (Å²) in [6.07, 6.45) is 4.99. The van der Waals surface area contributed by atoms with Gasteiger partial charge in [-0.05, 0) is 19.1 Å². The Morgan fingerprint density at radius 2 is 2.48 bits per heavy atom. The monoisotopic (exact) mass is 343 g/mol. The molecule has 132 valence electrons. The number of nitrogens with zero attached hydrogens (tertiary/aromatic N) is 5. The summed E-state index contributed by atoms with van der Waals surface area (Å²) in [7, 11) is 0. The van der Waals surface area contributed by atoms with Gasteiger partial charge in [0.15, 0.2) is 0 Å². The summed E-state index contributed by atoms with van der Waals surface area (Å²) in [4.78, 5) is 18.7. The van der Waals surface area contributed by atoms with E-state index in [1.54, 1.807) is 28.1 Å². The predicted octanol–water partition coefficient (Wildman–Crippen LogP) is 0.965. The largest absolute Gasteiger partial charge is 0.467 e. The fourth-order valence-corrected chi connectivity index (χ4v) is 2.61. The summed E-state index contributed by atoms with van der Waals surface area (Å²) in [6, 6.07) is 3.52. The molecule has 0 radical (unpaired) electrons. The third-order valence-electron chi connectivity index (χ3n) is 3.76. The van der Waals surface area contributed by atoms with Gasteiger partial charge in [0.1, 0.15) is 24.1 Å². The van der Waals surface area contributed by atoms with E-state index < -0.39 is 0 Å². The molecule has 0 bridgehead atoms. The van der Waals surface area contributed by atoms with Crippen LogP contribution in [0.5, 0.6) is 0 Å². The van der Waals surface area contributed by atoms with Crippen LogP contribution in [0, 0.1) is 0 Å². The Balaban J connectivity index is 1.82. The number of fused-ring (bicyclic) bond motifs is 1. The maximum absolute atomic E-state index is 12.4. The van der Waals surface area contributed by atoms with Gasteiger partial charge in [-0.3, -0.25) is 9.47 Å². The van der Waals surface area contributed by atoms with Gasteiger partial charge in [-0.1, -0.05) is 6.08 Å². The van der Waals surface area contributed by atoms with Crippen molar-refractivity contribution in [2.24, 2.45) is 4.99 Å². The molecular weight excluding hydrogens is 322 g/mol. The summed E-state index contributed by atoms with van der Waals surface area (Å²) in [6.45, 7) is 7.01. The van der Waals surface area contributed by atoms with Gasteiger partial charge >= 0.3 is 6.03 Å². The Kier molecular flexibility index (Phi) is 5.12. The third-order valence-corrected chi connectivity index (χ3v) is 3.76. The smallest absolute Gasteiger partial charge is 0.319 e. The van der Waals surface area contributed by atoms with Gasteiger partial charge in [0.25, 0.3) is 0 Å². The van der Waals surface area contributed by atoms with Gasteiger partial charge < -0.3 is 15.1 Å². The lowest BCUT2D eigenvalue weighted by molar-refractivity contribution is 0.182. The van der Waals surface area contributed by atoms with Crippen LogP contribution in [-0.2, 0) is 13.0 Å². The molecule has 2 N–H and O–H groups in total. The Morgan fingerprint density at radius 1 is 1.60 bits per heavy atom. The normalized spacial score (nSPS) is 15.9. The Labute approximate surface area is 145 Å². The first-order valence-electron chi connectivity index (χ1n) is 8.11. The molecule has 1 aliphatic rings. The number of aromatic nitrogens is 3. The highest BCUT2D eigenvalue weighted by Gasteiger charge is 2.29. The van der Waals surface area contributed by atoms with Crippen LogP contribution in [0.25, 0.3) is 0 Å². The van der Waals surface area contributed by atoms with Crippen molar-refractivity contribution >= 4 is 12.0 Å². The minimum Gasteiger partial charge on any atom is -0.467 e. The second-order valence-electron chi connectivity index (χ2n) is 5.46. The number of nitrogens with one attached hydrogen (secondary N) is 2. The minimum atomic E-state index is -0.389. The summed E-state index contributed by atoms with van der Waals surface area (Å²) < 4.78 is 7.11. The van der Waals surface area contributed by atoms with E-state index in [1.807, 2.05) is 19.1 Å². The van der Waals surface area contributed by atoms with Crippen LogP contribution in [0.4, 0.5) is 4.79 Å². The fraction of sp³-hybridized carbons (Fsp3) is 0.375. The average Bonchev–Trinajstić information content (AvgIpc) is 3.28. The van der Waals surface area contributed by atoms with Crippen LogP contribution in [0.3, 0.4) is 0 Å². The number of carbonyl (C=O) groups is 1. The number of carbonyl (C=O) groups excluding carboxylic acids is 1. The lowest BCUT2D eigenvalue weighted by Crippen LogP contribution is -2.49. The van der Waals surface area contributed by atoms with Crippen molar-refractivity contribution in [1.29, 1.82) is 0 Å². The van der Waals surface area contributed by atoms with E-state index in [0.717, 1.165) is 11.6 Å². The zero-order valence-electron chi connectivity index (χ0n) is 14.1. The molecule has 1 aliphatic heterocycles. The number of rotatable bonds is 6. The van der Waals surface area contributed by atoms with Crippen molar-refractivity contribution in [1.82, 2.24) is 30.3 Å². The van der Waals surface area contributed by atoms with E-state index in [9.17, 15) is 4.79 Å². The van der Waals surface area contributed by atoms with E-state index >= 15 is 0 Å². The second kappa shape index (κ2) is 7.65. The van der Waals surface area contributed by atoms with Gasteiger partial charge in [0.2, 0.25) is 5.96 Å². The summed E-state index contributed by atoms with van der Waals surface area (Å²) >= 11 is 0. The first-order chi connectivity index (χ1) is 12.2. The van der Waals surface area contributed by atoms with Crippen molar-refractivity contribution in [2.45, 2.75) is 26.1 Å². The highest BCUT2D eigenvalue weighted by atomic mass is 16.3. The topological polar surface area (TPSA) is 101 Å². The van der Waals surface area contributed by atoms with Crippen molar-refractivity contribution < 1.29 is 9.21 Å². The highest BCUT2D eigenvalue weighted by Crippen LogP contribution is 2.15. The summed E-state index contributed by atoms with van der Waals surface area (Å²) in [5.41, 5.74) is 0. The average molecular weight is 343 g/mol. The third kappa shape index (κ3) is 3.70. The fourth-order valence-electron chi connectivity index (χ4n) is 2.61. The summed E-state index contributed by atoms with van der Waals surface area (Å²) in [5, 5.41) is 14.1. The van der Waals surface area contributed by atoms with Crippen LogP contribution in [0.1, 0.15) is 18.5 Å². The molecule has 2 amide bonds. The predicted molar refractivity (Wildman–Crippen MR) is 91.9 cm³/mol. The van der Waals surface area contributed by atoms with Crippen LogP contribution in [-0.4, -0.2) is 50.9 Å². The molecule has 0 aromatic carbocycles. The quantitative estimate of drug-likeness (QED) is 0.761. The second-order valence-corrected chi connectivity index (χ2v) is 5.46. The highest BCUT2D eigenvalue weighted by molar-refractivity contribution is 5.84. The summed E-state index contributed by atoms with van der Waals surface area (Å²) in [5.74, 6) is 2.09. The van der Waals surface area contributed by atoms with E-state index in [0.29, 0.717) is 32.0 Å². The molecule has 25 heavy (non-hydrogen) atoms. The number of furan rings is 1. The molecule has 0 fully saturated rings. The standard InChI is InChI=1S/C16H21N7O2/c1-3-7-22(16(24)17-4-2)13-9-14-21-19-11-23(14)15(20-13)18-10-12-6-5-8-25-12/h3,5-6,8,11,13H,1,4,7,9-10H2,2H3,(H,17,24)(H,18,20). The van der Waals surface area contributed by atoms with Crippen molar-refractivity contribution in [2.75, 3.05) is 13.1 Å². The first-order valence-corrected chi connectivity index (χ1v) is 8.11. The maximum Gasteiger partial charge on any atom is 0.319 e. The lowest BCUT2D eigenvalue weighted by atomic mass is 10.2. The minimum absolute atomic E-state index is 0.186. The molecule has 3 rings (SSSR count). The lowest BCUT2D eigenvalue weighted by Gasteiger charge is -2.31. The number of hydrogen-bond donors (Lipinski definition) is 2. The first kappa shape index (κ1) is 16.7. The molecule has 1 atom stereocenters. The van der Waals surface area contributed by atoms with Gasteiger partial charge in [-0.2, -0.15) is 0 Å². The van der Waals surface area contributed by atoms with Crippen LogP contribution >= 0.6 is 0 Å². The Bertz CT molecular complexity index is 750. The molecule has 0 saturated heterocycles. The molecule has 2 aromatic rings. The van der Waals surface area contributed by atoms with Gasteiger partial charge in [-0.25, -0.2) is 9.79 Å². The Hall–Kier alpha value is -3.10. The van der Waals surface area contributed by atoms with Crippen LogP contribution in [0.2, 0.25) is 0 Å². The number of amides is 2. The van der Waals surface area contributed by atoms with Crippen molar-refractivity contribution in [3.63, 3.8) is 0 Å². The number of aliphatic imine (C=N–C) groups is 1. The molecule has 2 aromatic heterocycles. The maximum atomic E-state index is 12.4. The molecule has 9 nitrogen and oxygen atoms in total. The zero-order valence-corrected chi connectivity index (χ0v) is 14.1. The molecule has 0 saturated carbocycles. The van der Waals surface area contributed by atoms with Crippen LogP contribution < -0.4 is 10.6 Å². The molecule has 1 unspecified atom stereocenters. The van der Waals surface area contributed by atoms with Gasteiger partial charge in [0.05, 0.1) is 12.8 Å². The Morgan fingerprint density at radius 3 is 3.20 bits per heavy atom. The van der Waals surface area contributed by atoms with E-state index in [2.05, 4.69) is 32.4 Å². The zero-order chi connectivity index (χ0) is 17.6. The van der Waals surface area contributed by atoms with Crippen molar-refractivity contribution in [3.8, 4) is 0 Å². The van der Waals surface area contributed by atoms with Crippen molar-refractivity contribution in [3.05, 3.63) is 49.0 Å². The number of hydrogen-bond acceptors (Lipinski definition) is 6. The molecule has 0 spiro atoms. The molecular formula is C16H21N7O2. The molecule has 0 aliphatic carbocycles.